The summed E-state index contributed by atoms with van der Waals surface area (Å²) in [6.07, 6.45) is 1.81. The van der Waals surface area contributed by atoms with Gasteiger partial charge >= 0.3 is 5.97 Å². The molecule has 0 aliphatic carbocycles. The Labute approximate surface area is 97.3 Å². The maximum atomic E-state index is 11.6. The average Bonchev–Trinajstić information content (AvgIpc) is 2.35. The van der Waals surface area contributed by atoms with Gasteiger partial charge in [0.2, 0.25) is 0 Å². The highest BCUT2D eigenvalue weighted by molar-refractivity contribution is 6.07. The first-order valence-corrected chi connectivity index (χ1v) is 5.02. The van der Waals surface area contributed by atoms with E-state index in [4.69, 9.17) is 14.6 Å². The maximum absolute atomic E-state index is 11.6. The molecule has 0 bridgehead atoms. The van der Waals surface area contributed by atoms with Gasteiger partial charge in [0.15, 0.2) is 17.3 Å². The quantitative estimate of drug-likeness (QED) is 0.630. The van der Waals surface area contributed by atoms with E-state index in [1.165, 1.54) is 0 Å². The number of rotatable bonds is 3. The summed E-state index contributed by atoms with van der Waals surface area (Å²) in [7, 11) is 0. The molecule has 1 aliphatic heterocycles. The highest BCUT2D eigenvalue weighted by Crippen LogP contribution is 2.30. The second-order valence-electron chi connectivity index (χ2n) is 3.39. The van der Waals surface area contributed by atoms with Gasteiger partial charge in [-0.25, -0.2) is 4.79 Å². The topological polar surface area (TPSA) is 72.8 Å². The van der Waals surface area contributed by atoms with Crippen LogP contribution in [0.2, 0.25) is 0 Å². The van der Waals surface area contributed by atoms with Crippen LogP contribution in [0.25, 0.3) is 0 Å². The third-order valence-corrected chi connectivity index (χ3v) is 2.20. The summed E-state index contributed by atoms with van der Waals surface area (Å²) < 4.78 is 10.6. The molecule has 1 aromatic carbocycles. The molecule has 2 rings (SSSR count). The molecular weight excluding hydrogens is 224 g/mol. The third-order valence-electron chi connectivity index (χ3n) is 2.20. The fourth-order valence-corrected chi connectivity index (χ4v) is 1.44. The number of carboxylic acids is 1. The van der Waals surface area contributed by atoms with E-state index in [0.29, 0.717) is 30.3 Å². The lowest BCUT2D eigenvalue weighted by atomic mass is 10.1. The molecule has 1 aromatic rings. The van der Waals surface area contributed by atoms with E-state index >= 15 is 0 Å². The van der Waals surface area contributed by atoms with Gasteiger partial charge in [0.25, 0.3) is 0 Å². The number of benzene rings is 1. The van der Waals surface area contributed by atoms with Crippen molar-refractivity contribution in [1.29, 1.82) is 0 Å². The second-order valence-corrected chi connectivity index (χ2v) is 3.39. The van der Waals surface area contributed by atoms with Crippen molar-refractivity contribution in [3.8, 4) is 11.5 Å². The Kier molecular flexibility index (Phi) is 3.09. The van der Waals surface area contributed by atoms with Gasteiger partial charge < -0.3 is 14.6 Å². The third kappa shape index (κ3) is 2.63. The van der Waals surface area contributed by atoms with Crippen molar-refractivity contribution in [2.45, 2.75) is 0 Å². The lowest BCUT2D eigenvalue weighted by Gasteiger charge is -2.18. The molecule has 0 spiro atoms. The van der Waals surface area contributed by atoms with Crippen molar-refractivity contribution < 1.29 is 24.2 Å². The number of ether oxygens (including phenoxy) is 2. The number of allylic oxidation sites excluding steroid dienone is 1. The van der Waals surface area contributed by atoms with E-state index < -0.39 is 5.97 Å². The molecule has 0 fully saturated rings. The van der Waals surface area contributed by atoms with Gasteiger partial charge in [-0.1, -0.05) is 0 Å². The van der Waals surface area contributed by atoms with Crippen molar-refractivity contribution in [2.75, 3.05) is 13.2 Å². The van der Waals surface area contributed by atoms with Crippen molar-refractivity contribution >= 4 is 11.8 Å². The molecule has 0 saturated heterocycles. The molecule has 88 valence electrons. The van der Waals surface area contributed by atoms with Gasteiger partial charge in [0, 0.05) is 11.6 Å². The van der Waals surface area contributed by atoms with Crippen molar-refractivity contribution in [3.63, 3.8) is 0 Å². The molecular formula is C12H10O5. The van der Waals surface area contributed by atoms with Gasteiger partial charge in [-0.2, -0.15) is 0 Å². The van der Waals surface area contributed by atoms with Gasteiger partial charge in [-0.15, -0.1) is 0 Å². The van der Waals surface area contributed by atoms with Gasteiger partial charge in [-0.3, -0.25) is 4.79 Å². The van der Waals surface area contributed by atoms with Crippen molar-refractivity contribution in [3.05, 3.63) is 35.9 Å². The minimum atomic E-state index is -1.16. The molecule has 0 radical (unpaired) electrons. The summed E-state index contributed by atoms with van der Waals surface area (Å²) in [5.41, 5.74) is 0.367. The van der Waals surface area contributed by atoms with E-state index in [0.717, 1.165) is 12.2 Å². The number of aliphatic carboxylic acids is 1. The Morgan fingerprint density at radius 1 is 1.12 bits per heavy atom. The molecule has 0 atom stereocenters. The summed E-state index contributed by atoms with van der Waals surface area (Å²) in [6, 6.07) is 4.75. The molecule has 5 nitrogen and oxygen atoms in total. The van der Waals surface area contributed by atoms with Crippen LogP contribution in [0, 0.1) is 0 Å². The first kappa shape index (κ1) is 11.2. The minimum Gasteiger partial charge on any atom is -0.486 e. The number of hydrogen-bond donors (Lipinski definition) is 1. The molecule has 17 heavy (non-hydrogen) atoms. The normalized spacial score (nSPS) is 13.6. The van der Waals surface area contributed by atoms with E-state index in [-0.39, 0.29) is 5.78 Å². The monoisotopic (exact) mass is 234 g/mol. The number of carbonyl (C=O) groups is 2. The zero-order valence-electron chi connectivity index (χ0n) is 8.88. The van der Waals surface area contributed by atoms with E-state index in [1.54, 1.807) is 18.2 Å². The average molecular weight is 234 g/mol. The molecule has 0 amide bonds. The zero-order chi connectivity index (χ0) is 12.3. The number of hydrogen-bond acceptors (Lipinski definition) is 4. The van der Waals surface area contributed by atoms with Crippen LogP contribution in [0.1, 0.15) is 10.4 Å². The van der Waals surface area contributed by atoms with E-state index in [2.05, 4.69) is 0 Å². The van der Waals surface area contributed by atoms with Gasteiger partial charge in [-0.05, 0) is 24.3 Å². The maximum Gasteiger partial charge on any atom is 0.328 e. The lowest BCUT2D eigenvalue weighted by molar-refractivity contribution is -0.131. The predicted octanol–water partition coefficient (Wildman–Crippen LogP) is 1.28. The Morgan fingerprint density at radius 2 is 1.82 bits per heavy atom. The Bertz CT molecular complexity index is 490. The zero-order valence-corrected chi connectivity index (χ0v) is 8.88. The minimum absolute atomic E-state index is 0.367. The van der Waals surface area contributed by atoms with Gasteiger partial charge in [0.1, 0.15) is 13.2 Å². The highest BCUT2D eigenvalue weighted by Gasteiger charge is 2.13. The van der Waals surface area contributed by atoms with Crippen LogP contribution in [0.15, 0.2) is 30.4 Å². The van der Waals surface area contributed by atoms with Crippen molar-refractivity contribution in [2.24, 2.45) is 0 Å². The summed E-state index contributed by atoms with van der Waals surface area (Å²) in [6.45, 7) is 0.925. The Balaban J connectivity index is 2.22. The smallest absolute Gasteiger partial charge is 0.328 e. The number of carboxylic acid groups (broad SMARTS) is 1. The van der Waals surface area contributed by atoms with E-state index in [9.17, 15) is 9.59 Å². The molecule has 0 aromatic heterocycles. The summed E-state index contributed by atoms with van der Waals surface area (Å²) in [5, 5.41) is 8.42. The highest BCUT2D eigenvalue weighted by atomic mass is 16.6. The molecule has 5 heteroatoms. The Morgan fingerprint density at radius 3 is 2.53 bits per heavy atom. The number of ketones is 1. The first-order chi connectivity index (χ1) is 8.16. The van der Waals surface area contributed by atoms with Crippen molar-refractivity contribution in [1.82, 2.24) is 0 Å². The SMILES string of the molecule is O=C(O)/C=C/C(=O)c1ccc2c(c1)OCCO2. The van der Waals surface area contributed by atoms with Crippen LogP contribution in [-0.2, 0) is 4.79 Å². The second kappa shape index (κ2) is 4.69. The van der Waals surface area contributed by atoms with E-state index in [1.807, 2.05) is 0 Å². The summed E-state index contributed by atoms with van der Waals surface area (Å²) in [5.74, 6) is -0.443. The van der Waals surface area contributed by atoms with Crippen LogP contribution >= 0.6 is 0 Å². The van der Waals surface area contributed by atoms with Gasteiger partial charge in [0.05, 0.1) is 0 Å². The molecule has 1 N–H and O–H groups in total. The number of carbonyl (C=O) groups excluding carboxylic acids is 1. The molecule has 0 unspecified atom stereocenters. The summed E-state index contributed by atoms with van der Waals surface area (Å²) >= 11 is 0. The Hall–Kier alpha value is -2.30. The fraction of sp³-hybridized carbons (Fsp3) is 0.167. The van der Waals surface area contributed by atoms with Crippen LogP contribution < -0.4 is 9.47 Å². The van der Waals surface area contributed by atoms with Crippen LogP contribution in [-0.4, -0.2) is 30.1 Å². The molecule has 1 heterocycles. The molecule has 0 saturated carbocycles. The molecule has 1 aliphatic rings. The lowest BCUT2D eigenvalue weighted by Crippen LogP contribution is -2.15. The van der Waals surface area contributed by atoms with Crippen LogP contribution in [0.5, 0.6) is 11.5 Å². The first-order valence-electron chi connectivity index (χ1n) is 5.02. The predicted molar refractivity (Wildman–Crippen MR) is 58.5 cm³/mol. The largest absolute Gasteiger partial charge is 0.486 e. The van der Waals surface area contributed by atoms with Crippen LogP contribution in [0.3, 0.4) is 0 Å². The van der Waals surface area contributed by atoms with Crippen LogP contribution in [0.4, 0.5) is 0 Å². The number of fused-ring (bicyclic) bond motifs is 1. The fourth-order valence-electron chi connectivity index (χ4n) is 1.44. The summed E-state index contributed by atoms with van der Waals surface area (Å²) in [4.78, 5) is 21.9. The standard InChI is InChI=1S/C12H10O5/c13-9(2-4-12(14)15)8-1-3-10-11(7-8)17-6-5-16-10/h1-4,7H,5-6H2,(H,14,15)/b4-2+.